The molecule has 0 aliphatic rings. The van der Waals surface area contributed by atoms with Gasteiger partial charge in [0.15, 0.2) is 0 Å². The van der Waals surface area contributed by atoms with Crippen molar-refractivity contribution >= 4 is 17.7 Å². The molecule has 0 saturated heterocycles. The van der Waals surface area contributed by atoms with Crippen molar-refractivity contribution in [1.29, 1.82) is 0 Å². The lowest BCUT2D eigenvalue weighted by Crippen LogP contribution is -2.43. The zero-order chi connectivity index (χ0) is 15.3. The number of ether oxygens (including phenoxy) is 1. The van der Waals surface area contributed by atoms with E-state index in [4.69, 9.17) is 4.74 Å². The molecule has 0 bridgehead atoms. The van der Waals surface area contributed by atoms with E-state index < -0.39 is 29.5 Å². The molecule has 109 valence electrons. The second-order valence-electron chi connectivity index (χ2n) is 5.29. The first kappa shape index (κ1) is 15.9. The molecule has 0 heterocycles. The van der Waals surface area contributed by atoms with E-state index in [2.05, 4.69) is 10.6 Å². The summed E-state index contributed by atoms with van der Waals surface area (Å²) in [6.07, 6.45) is -0.687. The summed E-state index contributed by atoms with van der Waals surface area (Å²) in [5.74, 6) is -0.946. The highest BCUT2D eigenvalue weighted by molar-refractivity contribution is 5.88. The average Bonchev–Trinajstić information content (AvgIpc) is 2.29. The highest BCUT2D eigenvalue weighted by Gasteiger charge is 2.21. The highest BCUT2D eigenvalue weighted by Crippen LogP contribution is 2.09. The molecule has 20 heavy (non-hydrogen) atoms. The van der Waals surface area contributed by atoms with E-state index in [1.807, 2.05) is 0 Å². The molecule has 0 saturated carbocycles. The number of halogens is 1. The minimum atomic E-state index is -0.824. The Labute approximate surface area is 117 Å². The summed E-state index contributed by atoms with van der Waals surface area (Å²) in [4.78, 5) is 23.3. The van der Waals surface area contributed by atoms with E-state index in [1.54, 1.807) is 20.8 Å². The molecule has 1 aromatic rings. The van der Waals surface area contributed by atoms with E-state index in [-0.39, 0.29) is 0 Å². The number of nitrogens with one attached hydrogen (secondary N) is 1. The van der Waals surface area contributed by atoms with Crippen molar-refractivity contribution in [2.24, 2.45) is 0 Å². The van der Waals surface area contributed by atoms with Gasteiger partial charge in [-0.15, -0.1) is 0 Å². The lowest BCUT2D eigenvalue weighted by Gasteiger charge is -2.21. The number of rotatable bonds is 3. The van der Waals surface area contributed by atoms with Crippen LogP contribution in [-0.2, 0) is 9.53 Å². The van der Waals surface area contributed by atoms with Gasteiger partial charge in [-0.2, -0.15) is 0 Å². The van der Waals surface area contributed by atoms with Crippen molar-refractivity contribution in [3.05, 3.63) is 30.1 Å². The second-order valence-corrected chi connectivity index (χ2v) is 5.29. The average molecular weight is 281 g/mol. The number of nitrogens with zero attached hydrogens (tertiary/aromatic N) is 1. The van der Waals surface area contributed by atoms with Crippen LogP contribution in [0.15, 0.2) is 24.3 Å². The Balaban J connectivity index is 2.51. The number of hydrogen-bond donors (Lipinski definition) is 1. The van der Waals surface area contributed by atoms with E-state index in [0.29, 0.717) is 5.69 Å². The molecule has 1 N–H and O–H groups in total. The molecule has 0 aromatic heterocycles. The van der Waals surface area contributed by atoms with Gasteiger partial charge in [0.05, 0.1) is 5.69 Å². The van der Waals surface area contributed by atoms with Crippen molar-refractivity contribution in [1.82, 2.24) is 10.6 Å². The standard InChI is InChI=1S/C14H18FN2O3/c1-9(16-13(19)20-14(2,3)4)12(18)17-11-7-5-10(15)6-8-11/h5-9H,1-4H3,(H,16,19)/t9-/m0/s1. The fraction of sp³-hybridized carbons (Fsp3) is 0.429. The maximum atomic E-state index is 12.7. The van der Waals surface area contributed by atoms with E-state index >= 15 is 0 Å². The van der Waals surface area contributed by atoms with Gasteiger partial charge >= 0.3 is 6.09 Å². The van der Waals surface area contributed by atoms with Crippen LogP contribution in [0.25, 0.3) is 0 Å². The van der Waals surface area contributed by atoms with Crippen LogP contribution >= 0.6 is 0 Å². The lowest BCUT2D eigenvalue weighted by molar-refractivity contribution is -0.121. The van der Waals surface area contributed by atoms with E-state index in [0.717, 1.165) is 0 Å². The molecule has 2 amide bonds. The minimum absolute atomic E-state index is 0.328. The summed E-state index contributed by atoms with van der Waals surface area (Å²) >= 11 is 0. The number of alkyl carbamates (subject to hydrolysis) is 1. The second kappa shape index (κ2) is 6.36. The molecule has 0 spiro atoms. The number of amides is 2. The molecule has 1 atom stereocenters. The van der Waals surface area contributed by atoms with Crippen LogP contribution in [0.5, 0.6) is 0 Å². The van der Waals surface area contributed by atoms with Gasteiger partial charge in [0.2, 0.25) is 0 Å². The molecule has 1 aromatic carbocycles. The summed E-state index contributed by atoms with van der Waals surface area (Å²) in [5.41, 5.74) is -0.310. The molecule has 0 aliphatic heterocycles. The maximum Gasteiger partial charge on any atom is 0.408 e. The van der Waals surface area contributed by atoms with Gasteiger partial charge in [-0.05, 0) is 52.0 Å². The molecule has 0 fully saturated rings. The summed E-state index contributed by atoms with van der Waals surface area (Å²) < 4.78 is 17.7. The zero-order valence-electron chi connectivity index (χ0n) is 11.9. The maximum absolute atomic E-state index is 12.7. The monoisotopic (exact) mass is 281 g/mol. The molecular formula is C14H18FN2O3. The summed E-state index contributed by atoms with van der Waals surface area (Å²) in [5, 5.41) is 6.16. The van der Waals surface area contributed by atoms with Gasteiger partial charge in [0.25, 0.3) is 5.91 Å². The summed E-state index contributed by atoms with van der Waals surface area (Å²) in [6.45, 7) is 6.67. The Morgan fingerprint density at radius 3 is 2.30 bits per heavy atom. The predicted octanol–water partition coefficient (Wildman–Crippen LogP) is 2.50. The number of carbonyl (C=O) groups excluding carboxylic acids is 2. The molecule has 1 radical (unpaired) electrons. The van der Waals surface area contributed by atoms with Gasteiger partial charge in [-0.1, -0.05) is 0 Å². The molecule has 0 unspecified atom stereocenters. The molecule has 6 heteroatoms. The Kier molecular flexibility index (Phi) is 5.07. The largest absolute Gasteiger partial charge is 0.444 e. The van der Waals surface area contributed by atoms with Crippen LogP contribution < -0.4 is 10.6 Å². The molecular weight excluding hydrogens is 263 g/mol. The first-order valence-electron chi connectivity index (χ1n) is 6.18. The van der Waals surface area contributed by atoms with E-state index in [9.17, 15) is 14.0 Å². The van der Waals surface area contributed by atoms with Crippen LogP contribution in [0.2, 0.25) is 0 Å². The Morgan fingerprint density at radius 2 is 1.80 bits per heavy atom. The molecule has 0 aliphatic carbocycles. The smallest absolute Gasteiger partial charge is 0.408 e. The van der Waals surface area contributed by atoms with Crippen LogP contribution in [0.3, 0.4) is 0 Å². The first-order valence-corrected chi connectivity index (χ1v) is 6.18. The van der Waals surface area contributed by atoms with Gasteiger partial charge in [-0.3, -0.25) is 4.79 Å². The van der Waals surface area contributed by atoms with Gasteiger partial charge in [-0.25, -0.2) is 14.5 Å². The van der Waals surface area contributed by atoms with Crippen molar-refractivity contribution in [3.8, 4) is 0 Å². The minimum Gasteiger partial charge on any atom is -0.444 e. The van der Waals surface area contributed by atoms with Gasteiger partial charge in [0, 0.05) is 0 Å². The van der Waals surface area contributed by atoms with Crippen LogP contribution in [0.4, 0.5) is 14.9 Å². The Hall–Kier alpha value is -2.11. The van der Waals surface area contributed by atoms with Crippen LogP contribution in [-0.4, -0.2) is 23.6 Å². The lowest BCUT2D eigenvalue weighted by atomic mass is 10.2. The van der Waals surface area contributed by atoms with Crippen molar-refractivity contribution in [2.45, 2.75) is 39.3 Å². The molecule has 1 rings (SSSR count). The highest BCUT2D eigenvalue weighted by atomic mass is 19.1. The third-order valence-electron chi connectivity index (χ3n) is 2.17. The quantitative estimate of drug-likeness (QED) is 0.925. The number of carbonyl (C=O) groups is 2. The fourth-order valence-electron chi connectivity index (χ4n) is 1.29. The number of benzene rings is 1. The fourth-order valence-corrected chi connectivity index (χ4v) is 1.29. The summed E-state index contributed by atoms with van der Waals surface area (Å²) in [6, 6.07) is 4.35. The van der Waals surface area contributed by atoms with Gasteiger partial charge < -0.3 is 10.1 Å². The van der Waals surface area contributed by atoms with Crippen molar-refractivity contribution < 1.29 is 18.7 Å². The Morgan fingerprint density at radius 1 is 1.25 bits per heavy atom. The van der Waals surface area contributed by atoms with Crippen molar-refractivity contribution in [2.75, 3.05) is 0 Å². The van der Waals surface area contributed by atoms with Crippen molar-refractivity contribution in [3.63, 3.8) is 0 Å². The van der Waals surface area contributed by atoms with Crippen LogP contribution in [0, 0.1) is 5.82 Å². The summed E-state index contributed by atoms with van der Waals surface area (Å²) in [7, 11) is 0. The third-order valence-corrected chi connectivity index (χ3v) is 2.17. The number of hydrogen-bond acceptors (Lipinski definition) is 3. The zero-order valence-corrected chi connectivity index (χ0v) is 11.9. The van der Waals surface area contributed by atoms with Gasteiger partial charge in [0.1, 0.15) is 17.5 Å². The molecule has 5 nitrogen and oxygen atoms in total. The van der Waals surface area contributed by atoms with Crippen LogP contribution in [0.1, 0.15) is 27.7 Å². The van der Waals surface area contributed by atoms with E-state index in [1.165, 1.54) is 31.2 Å². The third kappa shape index (κ3) is 5.69. The predicted molar refractivity (Wildman–Crippen MR) is 72.0 cm³/mol. The first-order chi connectivity index (χ1) is 9.17. The Bertz CT molecular complexity index is 480. The SMILES string of the molecule is C[C@H](NC(=O)OC(C)(C)C)C(=O)[N]c1ccc(F)cc1. The topological polar surface area (TPSA) is 69.5 Å². The normalized spacial score (nSPS) is 12.4.